The third-order valence-electron chi connectivity index (χ3n) is 6.21. The largest absolute Gasteiger partial charge is 0.487 e. The van der Waals surface area contributed by atoms with Crippen molar-refractivity contribution in [1.29, 1.82) is 0 Å². The van der Waals surface area contributed by atoms with Crippen LogP contribution in [0.5, 0.6) is 11.5 Å². The number of ether oxygens (including phenoxy) is 1. The summed E-state index contributed by atoms with van der Waals surface area (Å²) in [6.07, 6.45) is 5.31. The molecule has 1 atom stereocenters. The number of nitrogens with one attached hydrogen (secondary N) is 1. The SMILES string of the molecule is Cl.Fc1ccc2c(c1)ONC2CCCN1CCC2(CC1)Cc1ccccc1O2. The third-order valence-corrected chi connectivity index (χ3v) is 6.21. The normalized spacial score (nSPS) is 22.1. The second kappa shape index (κ2) is 7.90. The lowest BCUT2D eigenvalue weighted by Crippen LogP contribution is -2.47. The van der Waals surface area contributed by atoms with Gasteiger partial charge in [0.1, 0.15) is 17.2 Å². The third kappa shape index (κ3) is 3.71. The van der Waals surface area contributed by atoms with Gasteiger partial charge in [0.05, 0.1) is 6.04 Å². The molecular weight excluding hydrogens is 379 g/mol. The van der Waals surface area contributed by atoms with E-state index in [1.807, 2.05) is 6.07 Å². The number of hydroxylamine groups is 1. The standard InChI is InChI=1S/C22H25FN2O2.ClH/c23-17-7-8-18-19(24-27-21(18)14-17)5-3-11-25-12-9-22(10-13-25)15-16-4-1-2-6-20(16)26-22;/h1-2,4,6-8,14,19,24H,3,5,9-13,15H2;1H. The average molecular weight is 405 g/mol. The van der Waals surface area contributed by atoms with Gasteiger partial charge in [-0.2, -0.15) is 0 Å². The highest BCUT2D eigenvalue weighted by molar-refractivity contribution is 5.85. The van der Waals surface area contributed by atoms with E-state index < -0.39 is 0 Å². The zero-order valence-corrected chi connectivity index (χ0v) is 16.6. The first-order chi connectivity index (χ1) is 13.2. The van der Waals surface area contributed by atoms with E-state index in [9.17, 15) is 4.39 Å². The molecule has 1 unspecified atom stereocenters. The van der Waals surface area contributed by atoms with Crippen LogP contribution in [0.3, 0.4) is 0 Å². The lowest BCUT2D eigenvalue weighted by molar-refractivity contribution is 0.0187. The summed E-state index contributed by atoms with van der Waals surface area (Å²) in [5.41, 5.74) is 5.47. The Morgan fingerprint density at radius 2 is 1.93 bits per heavy atom. The predicted molar refractivity (Wildman–Crippen MR) is 109 cm³/mol. The van der Waals surface area contributed by atoms with Gasteiger partial charge in [-0.05, 0) is 37.1 Å². The minimum Gasteiger partial charge on any atom is -0.487 e. The van der Waals surface area contributed by atoms with E-state index in [0.29, 0.717) is 5.75 Å². The first-order valence-corrected chi connectivity index (χ1v) is 9.92. The van der Waals surface area contributed by atoms with E-state index in [-0.39, 0.29) is 29.9 Å². The maximum absolute atomic E-state index is 13.3. The summed E-state index contributed by atoms with van der Waals surface area (Å²) in [7, 11) is 0. The Hall–Kier alpha value is -1.82. The Bertz CT molecular complexity index is 812. The number of rotatable bonds is 4. The Morgan fingerprint density at radius 3 is 2.75 bits per heavy atom. The highest BCUT2D eigenvalue weighted by Gasteiger charge is 2.41. The van der Waals surface area contributed by atoms with Crippen LogP contribution in [0.1, 0.15) is 42.9 Å². The fraction of sp³-hybridized carbons (Fsp3) is 0.455. The van der Waals surface area contributed by atoms with Gasteiger partial charge in [0.2, 0.25) is 0 Å². The molecule has 6 heteroatoms. The van der Waals surface area contributed by atoms with Gasteiger partial charge < -0.3 is 14.5 Å². The van der Waals surface area contributed by atoms with Gasteiger partial charge in [-0.3, -0.25) is 0 Å². The summed E-state index contributed by atoms with van der Waals surface area (Å²) in [4.78, 5) is 7.95. The van der Waals surface area contributed by atoms with Gasteiger partial charge in [-0.25, -0.2) is 4.39 Å². The van der Waals surface area contributed by atoms with Gasteiger partial charge in [-0.1, -0.05) is 24.3 Å². The molecule has 0 saturated carbocycles. The molecule has 1 fully saturated rings. The Labute approximate surface area is 171 Å². The summed E-state index contributed by atoms with van der Waals surface area (Å²) in [5, 5.41) is 0. The molecule has 3 aliphatic rings. The molecule has 2 aromatic rings. The molecule has 28 heavy (non-hydrogen) atoms. The smallest absolute Gasteiger partial charge is 0.154 e. The van der Waals surface area contributed by atoms with E-state index in [4.69, 9.17) is 9.57 Å². The number of hydrogen-bond acceptors (Lipinski definition) is 4. The minimum atomic E-state index is -0.255. The second-order valence-corrected chi connectivity index (χ2v) is 8.01. The van der Waals surface area contributed by atoms with Crippen LogP contribution in [-0.4, -0.2) is 30.1 Å². The zero-order chi connectivity index (χ0) is 18.3. The fourth-order valence-corrected chi connectivity index (χ4v) is 4.64. The van der Waals surface area contributed by atoms with Crippen LogP contribution in [0.4, 0.5) is 4.39 Å². The summed E-state index contributed by atoms with van der Waals surface area (Å²) < 4.78 is 19.6. The van der Waals surface area contributed by atoms with Crippen molar-refractivity contribution in [3.05, 3.63) is 59.4 Å². The number of halogens is 2. The Balaban J connectivity index is 0.00000192. The number of hydrogen-bond donors (Lipinski definition) is 1. The fourth-order valence-electron chi connectivity index (χ4n) is 4.64. The van der Waals surface area contributed by atoms with Crippen molar-refractivity contribution in [1.82, 2.24) is 10.4 Å². The monoisotopic (exact) mass is 404 g/mol. The Kier molecular flexibility index (Phi) is 5.50. The molecule has 0 amide bonds. The van der Waals surface area contributed by atoms with Crippen LogP contribution in [0.15, 0.2) is 42.5 Å². The molecule has 0 radical (unpaired) electrons. The highest BCUT2D eigenvalue weighted by Crippen LogP contribution is 2.41. The van der Waals surface area contributed by atoms with Crippen molar-refractivity contribution >= 4 is 12.4 Å². The van der Waals surface area contributed by atoms with Gasteiger partial charge >= 0.3 is 0 Å². The number of nitrogens with zero attached hydrogens (tertiary/aromatic N) is 1. The van der Waals surface area contributed by atoms with E-state index in [1.54, 1.807) is 0 Å². The van der Waals surface area contributed by atoms with Crippen molar-refractivity contribution < 1.29 is 14.0 Å². The molecule has 0 bridgehead atoms. The van der Waals surface area contributed by atoms with Crippen LogP contribution in [0.2, 0.25) is 0 Å². The van der Waals surface area contributed by atoms with Crippen molar-refractivity contribution in [3.63, 3.8) is 0 Å². The number of benzene rings is 2. The molecule has 1 N–H and O–H groups in total. The molecule has 0 aromatic heterocycles. The quantitative estimate of drug-likeness (QED) is 0.817. The van der Waals surface area contributed by atoms with Gasteiger partial charge in [0.25, 0.3) is 0 Å². The van der Waals surface area contributed by atoms with Gasteiger partial charge in [0.15, 0.2) is 5.75 Å². The first-order valence-electron chi connectivity index (χ1n) is 9.92. The predicted octanol–water partition coefficient (Wildman–Crippen LogP) is 4.44. The lowest BCUT2D eigenvalue weighted by Gasteiger charge is -2.38. The zero-order valence-electron chi connectivity index (χ0n) is 15.8. The summed E-state index contributed by atoms with van der Waals surface area (Å²) in [6.45, 7) is 3.26. The van der Waals surface area contributed by atoms with Crippen molar-refractivity contribution in [3.8, 4) is 11.5 Å². The molecule has 3 aliphatic heterocycles. The van der Waals surface area contributed by atoms with Gasteiger partial charge in [0, 0.05) is 44.0 Å². The highest BCUT2D eigenvalue weighted by atomic mass is 35.5. The molecule has 1 saturated heterocycles. The molecule has 0 aliphatic carbocycles. The maximum atomic E-state index is 13.3. The van der Waals surface area contributed by atoms with E-state index >= 15 is 0 Å². The summed E-state index contributed by atoms with van der Waals surface area (Å²) >= 11 is 0. The molecule has 3 heterocycles. The van der Waals surface area contributed by atoms with Crippen molar-refractivity contribution in [2.75, 3.05) is 19.6 Å². The van der Waals surface area contributed by atoms with Crippen LogP contribution >= 0.6 is 12.4 Å². The molecule has 150 valence electrons. The topological polar surface area (TPSA) is 33.7 Å². The number of likely N-dealkylation sites (tertiary alicyclic amines) is 1. The molecule has 5 rings (SSSR count). The van der Waals surface area contributed by atoms with E-state index in [1.165, 1.54) is 17.7 Å². The van der Waals surface area contributed by atoms with Crippen LogP contribution in [-0.2, 0) is 6.42 Å². The number of piperidine rings is 1. The van der Waals surface area contributed by atoms with Crippen LogP contribution < -0.4 is 15.1 Å². The van der Waals surface area contributed by atoms with Gasteiger partial charge in [-0.15, -0.1) is 17.9 Å². The number of fused-ring (bicyclic) bond motifs is 2. The van der Waals surface area contributed by atoms with Crippen molar-refractivity contribution in [2.45, 2.75) is 43.7 Å². The summed E-state index contributed by atoms with van der Waals surface area (Å²) in [5.74, 6) is 1.45. The first kappa shape index (κ1) is 19.5. The van der Waals surface area contributed by atoms with Crippen LogP contribution in [0.25, 0.3) is 0 Å². The second-order valence-electron chi connectivity index (χ2n) is 8.01. The van der Waals surface area contributed by atoms with E-state index in [2.05, 4.69) is 34.6 Å². The minimum absolute atomic E-state index is 0. The lowest BCUT2D eigenvalue weighted by atomic mass is 9.87. The molecular formula is C22H26ClFN2O2. The van der Waals surface area contributed by atoms with Crippen LogP contribution in [0, 0.1) is 5.82 Å². The average Bonchev–Trinajstić information content (AvgIpc) is 3.24. The summed E-state index contributed by atoms with van der Waals surface area (Å²) in [6, 6.07) is 13.4. The van der Waals surface area contributed by atoms with E-state index in [0.717, 1.165) is 63.1 Å². The molecule has 4 nitrogen and oxygen atoms in total. The van der Waals surface area contributed by atoms with Crippen molar-refractivity contribution in [2.24, 2.45) is 0 Å². The maximum Gasteiger partial charge on any atom is 0.154 e. The molecule has 2 aromatic carbocycles. The molecule has 1 spiro atoms. The number of para-hydroxylation sites is 1. The Morgan fingerprint density at radius 1 is 1.11 bits per heavy atom.